The van der Waals surface area contributed by atoms with E-state index >= 15 is 0 Å². The fourth-order valence-electron chi connectivity index (χ4n) is 3.89. The summed E-state index contributed by atoms with van der Waals surface area (Å²) < 4.78 is 5.54. The number of hydrogen-bond acceptors (Lipinski definition) is 3. The first-order chi connectivity index (χ1) is 13.8. The lowest BCUT2D eigenvalue weighted by molar-refractivity contribution is 0.142. The van der Waals surface area contributed by atoms with E-state index in [9.17, 15) is 4.79 Å². The number of nitrogens with one attached hydrogen (secondary N) is 2. The van der Waals surface area contributed by atoms with Gasteiger partial charge in [-0.05, 0) is 34.4 Å². The number of carbonyl (C=O) groups is 1. The number of fused-ring (bicyclic) bond motifs is 4. The highest BCUT2D eigenvalue weighted by Crippen LogP contribution is 2.44. The molecule has 5 rings (SSSR count). The molecule has 0 atom stereocenters. The van der Waals surface area contributed by atoms with Crippen molar-refractivity contribution < 1.29 is 9.53 Å². The van der Waals surface area contributed by atoms with Crippen LogP contribution in [-0.4, -0.2) is 22.7 Å². The third-order valence-corrected chi connectivity index (χ3v) is 5.18. The van der Waals surface area contributed by atoms with Gasteiger partial charge in [-0.15, -0.1) is 0 Å². The van der Waals surface area contributed by atoms with E-state index in [-0.39, 0.29) is 5.92 Å². The maximum absolute atomic E-state index is 12.2. The Morgan fingerprint density at radius 3 is 2.29 bits per heavy atom. The molecule has 1 heterocycles. The molecule has 0 unspecified atom stereocenters. The number of hydrogen-bond donors (Lipinski definition) is 2. The van der Waals surface area contributed by atoms with Gasteiger partial charge in [0, 0.05) is 5.92 Å². The molecule has 3 aromatic carbocycles. The number of rotatable bonds is 4. The largest absolute Gasteiger partial charge is 0.449 e. The van der Waals surface area contributed by atoms with Gasteiger partial charge in [0.25, 0.3) is 0 Å². The number of imidazole rings is 1. The zero-order chi connectivity index (χ0) is 18.9. The Morgan fingerprint density at radius 2 is 1.57 bits per heavy atom. The highest BCUT2D eigenvalue weighted by Gasteiger charge is 2.28. The molecule has 0 saturated carbocycles. The van der Waals surface area contributed by atoms with Crippen molar-refractivity contribution in [3.8, 4) is 11.1 Å². The molecule has 0 aliphatic heterocycles. The van der Waals surface area contributed by atoms with Crippen molar-refractivity contribution in [2.45, 2.75) is 12.5 Å². The number of carbonyl (C=O) groups excluding carboxylic acids is 1. The summed E-state index contributed by atoms with van der Waals surface area (Å²) in [5.74, 6) is 0.763. The van der Waals surface area contributed by atoms with Gasteiger partial charge in [-0.1, -0.05) is 60.7 Å². The van der Waals surface area contributed by atoms with Gasteiger partial charge in [0.05, 0.1) is 17.6 Å². The maximum atomic E-state index is 12.2. The van der Waals surface area contributed by atoms with Gasteiger partial charge in [0.2, 0.25) is 0 Å². The van der Waals surface area contributed by atoms with Crippen molar-refractivity contribution in [1.82, 2.24) is 15.3 Å². The fourth-order valence-corrected chi connectivity index (χ4v) is 3.89. The van der Waals surface area contributed by atoms with Crippen LogP contribution in [0.15, 0.2) is 72.8 Å². The zero-order valence-corrected chi connectivity index (χ0v) is 15.2. The Kier molecular flexibility index (Phi) is 4.05. The molecule has 4 aromatic rings. The zero-order valence-electron chi connectivity index (χ0n) is 15.2. The first-order valence-electron chi connectivity index (χ1n) is 9.32. The van der Waals surface area contributed by atoms with Crippen molar-refractivity contribution in [1.29, 1.82) is 0 Å². The highest BCUT2D eigenvalue weighted by molar-refractivity contribution is 5.79. The Morgan fingerprint density at radius 1 is 0.929 bits per heavy atom. The standard InChI is InChI=1S/C23H19N3O2/c27-23(24-13-22-25-20-11-5-6-12-21(20)26-22)28-14-19-17-9-3-1-7-15(17)16-8-2-4-10-18(16)19/h1-12,19H,13-14H2,(H,24,27)(H,25,26). The average molecular weight is 369 g/mol. The van der Waals surface area contributed by atoms with E-state index in [1.165, 1.54) is 22.3 Å². The van der Waals surface area contributed by atoms with Crippen LogP contribution in [-0.2, 0) is 11.3 Å². The molecule has 1 aliphatic rings. The van der Waals surface area contributed by atoms with E-state index in [0.29, 0.717) is 19.0 Å². The number of H-pyrrole nitrogens is 1. The minimum absolute atomic E-state index is 0.0596. The molecular formula is C23H19N3O2. The van der Waals surface area contributed by atoms with E-state index in [0.717, 1.165) is 11.0 Å². The molecule has 5 nitrogen and oxygen atoms in total. The smallest absolute Gasteiger partial charge is 0.407 e. The summed E-state index contributed by atoms with van der Waals surface area (Å²) in [6.07, 6.45) is -0.442. The molecule has 1 aromatic heterocycles. The van der Waals surface area contributed by atoms with Crippen LogP contribution in [0.5, 0.6) is 0 Å². The number of alkyl carbamates (subject to hydrolysis) is 1. The summed E-state index contributed by atoms with van der Waals surface area (Å²) in [6.45, 7) is 0.603. The number of nitrogens with zero attached hydrogens (tertiary/aromatic N) is 1. The Balaban J connectivity index is 1.25. The third kappa shape index (κ3) is 2.91. The first-order valence-corrected chi connectivity index (χ1v) is 9.32. The minimum Gasteiger partial charge on any atom is -0.449 e. The molecule has 0 bridgehead atoms. The molecule has 0 spiro atoms. The number of amides is 1. The molecule has 0 radical (unpaired) electrons. The minimum atomic E-state index is -0.442. The van der Waals surface area contributed by atoms with Gasteiger partial charge in [-0.3, -0.25) is 0 Å². The summed E-state index contributed by atoms with van der Waals surface area (Å²) >= 11 is 0. The second-order valence-electron chi connectivity index (χ2n) is 6.88. The average Bonchev–Trinajstić information content (AvgIpc) is 3.29. The van der Waals surface area contributed by atoms with Crippen molar-refractivity contribution in [3.05, 3.63) is 89.7 Å². The van der Waals surface area contributed by atoms with E-state index in [1.807, 2.05) is 48.5 Å². The second kappa shape index (κ2) is 6.85. The summed E-state index contributed by atoms with van der Waals surface area (Å²) in [5.41, 5.74) is 6.67. The lowest BCUT2D eigenvalue weighted by atomic mass is 9.98. The van der Waals surface area contributed by atoms with Crippen LogP contribution in [0.2, 0.25) is 0 Å². The summed E-state index contributed by atoms with van der Waals surface area (Å²) in [6, 6.07) is 24.4. The molecule has 2 N–H and O–H groups in total. The normalized spacial score (nSPS) is 12.6. The van der Waals surface area contributed by atoms with Gasteiger partial charge < -0.3 is 15.0 Å². The lowest BCUT2D eigenvalue weighted by Crippen LogP contribution is -2.26. The number of benzene rings is 3. The van der Waals surface area contributed by atoms with E-state index in [1.54, 1.807) is 0 Å². The monoisotopic (exact) mass is 369 g/mol. The van der Waals surface area contributed by atoms with Crippen LogP contribution in [0, 0.1) is 0 Å². The first kappa shape index (κ1) is 16.6. The van der Waals surface area contributed by atoms with Gasteiger partial charge in [0.1, 0.15) is 12.4 Å². The lowest BCUT2D eigenvalue weighted by Gasteiger charge is -2.14. The Bertz CT molecular complexity index is 1090. The van der Waals surface area contributed by atoms with Crippen LogP contribution < -0.4 is 5.32 Å². The van der Waals surface area contributed by atoms with Crippen LogP contribution in [0.3, 0.4) is 0 Å². The molecule has 1 aliphatic carbocycles. The van der Waals surface area contributed by atoms with Crippen LogP contribution >= 0.6 is 0 Å². The molecule has 0 fully saturated rings. The van der Waals surface area contributed by atoms with Gasteiger partial charge >= 0.3 is 6.09 Å². The van der Waals surface area contributed by atoms with Crippen LogP contribution in [0.25, 0.3) is 22.2 Å². The fraction of sp³-hybridized carbons (Fsp3) is 0.130. The van der Waals surface area contributed by atoms with E-state index in [4.69, 9.17) is 4.74 Å². The SMILES string of the molecule is O=C(NCc1nc2ccccc2[nH]1)OCC1c2ccccc2-c2ccccc21. The molecule has 1 amide bonds. The molecule has 138 valence electrons. The quantitative estimate of drug-likeness (QED) is 0.552. The predicted molar refractivity (Wildman–Crippen MR) is 108 cm³/mol. The highest BCUT2D eigenvalue weighted by atomic mass is 16.5. The van der Waals surface area contributed by atoms with Gasteiger partial charge in [-0.25, -0.2) is 9.78 Å². The third-order valence-electron chi connectivity index (χ3n) is 5.18. The maximum Gasteiger partial charge on any atom is 0.407 e. The predicted octanol–water partition coefficient (Wildman–Crippen LogP) is 4.60. The van der Waals surface area contributed by atoms with Gasteiger partial charge in [0.15, 0.2) is 0 Å². The number of para-hydroxylation sites is 2. The van der Waals surface area contributed by atoms with Crippen molar-refractivity contribution in [3.63, 3.8) is 0 Å². The summed E-state index contributed by atoms with van der Waals surface area (Å²) in [4.78, 5) is 19.9. The Labute approximate surface area is 162 Å². The number of aromatic amines is 1. The van der Waals surface area contributed by atoms with Crippen LogP contribution in [0.4, 0.5) is 4.79 Å². The van der Waals surface area contributed by atoms with Crippen molar-refractivity contribution in [2.24, 2.45) is 0 Å². The summed E-state index contributed by atoms with van der Waals surface area (Å²) in [7, 11) is 0. The topological polar surface area (TPSA) is 67.0 Å². The molecule has 5 heteroatoms. The number of ether oxygens (including phenoxy) is 1. The van der Waals surface area contributed by atoms with Crippen molar-refractivity contribution in [2.75, 3.05) is 6.61 Å². The number of aromatic nitrogens is 2. The second-order valence-corrected chi connectivity index (χ2v) is 6.88. The summed E-state index contributed by atoms with van der Waals surface area (Å²) in [5, 5.41) is 2.78. The van der Waals surface area contributed by atoms with E-state index in [2.05, 4.69) is 39.6 Å². The van der Waals surface area contributed by atoms with Gasteiger partial charge in [-0.2, -0.15) is 0 Å². The molecule has 28 heavy (non-hydrogen) atoms. The molecular weight excluding hydrogens is 350 g/mol. The molecule has 0 saturated heterocycles. The van der Waals surface area contributed by atoms with Crippen molar-refractivity contribution >= 4 is 17.1 Å². The van der Waals surface area contributed by atoms with E-state index < -0.39 is 6.09 Å². The Hall–Kier alpha value is -3.60. The van der Waals surface area contributed by atoms with Crippen LogP contribution in [0.1, 0.15) is 22.9 Å².